The molecule has 0 aliphatic rings. The van der Waals surface area contributed by atoms with E-state index in [4.69, 9.17) is 5.11 Å². The highest BCUT2D eigenvalue weighted by molar-refractivity contribution is 5.48. The molecule has 2 aromatic heterocycles. The van der Waals surface area contributed by atoms with Crippen molar-refractivity contribution in [3.8, 4) is 11.5 Å². The summed E-state index contributed by atoms with van der Waals surface area (Å²) in [6.45, 7) is 1.79. The van der Waals surface area contributed by atoms with Crippen LogP contribution in [0, 0.1) is 6.92 Å². The van der Waals surface area contributed by atoms with Crippen LogP contribution in [0.25, 0.3) is 11.5 Å². The van der Waals surface area contributed by atoms with Crippen LogP contribution in [-0.4, -0.2) is 20.1 Å². The van der Waals surface area contributed by atoms with Crippen molar-refractivity contribution >= 4 is 0 Å². The van der Waals surface area contributed by atoms with E-state index in [0.29, 0.717) is 11.5 Å². The summed E-state index contributed by atoms with van der Waals surface area (Å²) in [4.78, 5) is 12.6. The quantitative estimate of drug-likeness (QED) is 0.796. The predicted octanol–water partition coefficient (Wildman–Crippen LogP) is 1.34. The van der Waals surface area contributed by atoms with E-state index in [-0.39, 0.29) is 6.61 Å². The van der Waals surface area contributed by atoms with Gasteiger partial charge in [-0.1, -0.05) is 6.07 Å². The summed E-state index contributed by atoms with van der Waals surface area (Å²) >= 11 is 0. The predicted molar refractivity (Wildman–Crippen MR) is 55.9 cm³/mol. The van der Waals surface area contributed by atoms with Crippen molar-refractivity contribution in [3.05, 3.63) is 41.9 Å². The minimum absolute atomic E-state index is 0.0802. The van der Waals surface area contributed by atoms with Gasteiger partial charge >= 0.3 is 0 Å². The lowest BCUT2D eigenvalue weighted by Gasteiger charge is -2.02. The van der Waals surface area contributed by atoms with Crippen LogP contribution in [-0.2, 0) is 6.61 Å². The van der Waals surface area contributed by atoms with Crippen LogP contribution >= 0.6 is 0 Å². The molecule has 2 heterocycles. The lowest BCUT2D eigenvalue weighted by Crippen LogP contribution is -1.98. The topological polar surface area (TPSA) is 58.9 Å². The fourth-order valence-electron chi connectivity index (χ4n) is 1.32. The molecule has 0 amide bonds. The minimum Gasteiger partial charge on any atom is -0.390 e. The molecule has 0 aliphatic heterocycles. The van der Waals surface area contributed by atoms with Crippen LogP contribution in [0.2, 0.25) is 0 Å². The summed E-state index contributed by atoms with van der Waals surface area (Å²) < 4.78 is 0. The second-order valence-electron chi connectivity index (χ2n) is 3.20. The molecule has 0 unspecified atom stereocenters. The van der Waals surface area contributed by atoms with E-state index in [1.807, 2.05) is 25.1 Å². The molecule has 1 N–H and O–H groups in total. The van der Waals surface area contributed by atoms with Gasteiger partial charge in [0.05, 0.1) is 12.3 Å². The molecular weight excluding hydrogens is 190 g/mol. The fourth-order valence-corrected chi connectivity index (χ4v) is 1.32. The van der Waals surface area contributed by atoms with Gasteiger partial charge in [0.2, 0.25) is 0 Å². The number of hydrogen-bond donors (Lipinski definition) is 1. The Morgan fingerprint density at radius 1 is 1.27 bits per heavy atom. The molecule has 76 valence electrons. The Balaban J connectivity index is 2.49. The summed E-state index contributed by atoms with van der Waals surface area (Å²) in [6.07, 6.45) is 1.69. The van der Waals surface area contributed by atoms with Crippen LogP contribution < -0.4 is 0 Å². The summed E-state index contributed by atoms with van der Waals surface area (Å²) in [5.74, 6) is 0.555. The molecule has 0 saturated heterocycles. The summed E-state index contributed by atoms with van der Waals surface area (Å²) in [6, 6.07) is 7.32. The first-order valence-corrected chi connectivity index (χ1v) is 4.66. The number of aliphatic hydroxyl groups excluding tert-OH is 1. The maximum absolute atomic E-state index is 9.02. The molecule has 0 bridgehead atoms. The summed E-state index contributed by atoms with van der Waals surface area (Å²) in [5.41, 5.74) is 2.16. The van der Waals surface area contributed by atoms with Gasteiger partial charge < -0.3 is 5.11 Å². The number of aromatic nitrogens is 3. The molecule has 0 atom stereocenters. The lowest BCUT2D eigenvalue weighted by molar-refractivity contribution is 0.276. The summed E-state index contributed by atoms with van der Waals surface area (Å²) in [5, 5.41) is 9.02. The zero-order valence-corrected chi connectivity index (χ0v) is 8.38. The van der Waals surface area contributed by atoms with Crippen molar-refractivity contribution < 1.29 is 5.11 Å². The van der Waals surface area contributed by atoms with Gasteiger partial charge in [0.15, 0.2) is 5.82 Å². The van der Waals surface area contributed by atoms with E-state index in [1.54, 1.807) is 12.3 Å². The highest BCUT2D eigenvalue weighted by Gasteiger charge is 2.04. The van der Waals surface area contributed by atoms with Crippen molar-refractivity contribution in [2.24, 2.45) is 0 Å². The maximum atomic E-state index is 9.02. The largest absolute Gasteiger partial charge is 0.390 e. The molecule has 2 rings (SSSR count). The molecule has 2 aromatic rings. The van der Waals surface area contributed by atoms with Crippen LogP contribution in [0.4, 0.5) is 0 Å². The Kier molecular flexibility index (Phi) is 2.69. The third-order valence-corrected chi connectivity index (χ3v) is 1.96. The Labute approximate surface area is 87.7 Å². The van der Waals surface area contributed by atoms with E-state index in [0.717, 1.165) is 11.4 Å². The second-order valence-corrected chi connectivity index (χ2v) is 3.20. The zero-order chi connectivity index (χ0) is 10.7. The Morgan fingerprint density at radius 2 is 2.13 bits per heavy atom. The molecule has 0 aliphatic carbocycles. The second kappa shape index (κ2) is 4.14. The van der Waals surface area contributed by atoms with Crippen LogP contribution in [0.1, 0.15) is 11.4 Å². The monoisotopic (exact) mass is 201 g/mol. The van der Waals surface area contributed by atoms with Crippen molar-refractivity contribution in [2.75, 3.05) is 0 Å². The first-order valence-electron chi connectivity index (χ1n) is 4.66. The van der Waals surface area contributed by atoms with Gasteiger partial charge in [0, 0.05) is 11.9 Å². The van der Waals surface area contributed by atoms with Gasteiger partial charge in [-0.3, -0.25) is 4.98 Å². The Hall–Kier alpha value is -1.81. The highest BCUT2D eigenvalue weighted by atomic mass is 16.3. The van der Waals surface area contributed by atoms with Gasteiger partial charge in [-0.25, -0.2) is 9.97 Å². The molecule has 15 heavy (non-hydrogen) atoms. The average Bonchev–Trinajstić information content (AvgIpc) is 2.29. The van der Waals surface area contributed by atoms with Crippen LogP contribution in [0.15, 0.2) is 30.5 Å². The van der Waals surface area contributed by atoms with E-state index in [2.05, 4.69) is 15.0 Å². The normalized spacial score (nSPS) is 10.3. The van der Waals surface area contributed by atoms with Gasteiger partial charge in [-0.05, 0) is 25.1 Å². The molecule has 0 fully saturated rings. The first-order chi connectivity index (χ1) is 7.29. The Morgan fingerprint density at radius 3 is 2.80 bits per heavy atom. The lowest BCUT2D eigenvalue weighted by atomic mass is 10.3. The molecule has 0 saturated carbocycles. The standard InChI is InChI=1S/C11H11N3O/c1-8-6-9(7-15)14-11(13-8)10-4-2-3-5-12-10/h2-6,15H,7H2,1H3. The van der Waals surface area contributed by atoms with Crippen molar-refractivity contribution in [3.63, 3.8) is 0 Å². The molecule has 4 heteroatoms. The number of pyridine rings is 1. The van der Waals surface area contributed by atoms with Crippen molar-refractivity contribution in [1.29, 1.82) is 0 Å². The van der Waals surface area contributed by atoms with E-state index < -0.39 is 0 Å². The SMILES string of the molecule is Cc1cc(CO)nc(-c2ccccn2)n1. The van der Waals surface area contributed by atoms with Gasteiger partial charge in [0.1, 0.15) is 5.69 Å². The fraction of sp³-hybridized carbons (Fsp3) is 0.182. The van der Waals surface area contributed by atoms with Gasteiger partial charge in [-0.2, -0.15) is 0 Å². The molecule has 0 aromatic carbocycles. The zero-order valence-electron chi connectivity index (χ0n) is 8.38. The number of aryl methyl sites for hydroxylation is 1. The van der Waals surface area contributed by atoms with Crippen LogP contribution in [0.5, 0.6) is 0 Å². The third-order valence-electron chi connectivity index (χ3n) is 1.96. The highest BCUT2D eigenvalue weighted by Crippen LogP contribution is 2.12. The number of rotatable bonds is 2. The van der Waals surface area contributed by atoms with E-state index in [1.165, 1.54) is 0 Å². The maximum Gasteiger partial charge on any atom is 0.178 e. The molecular formula is C11H11N3O. The van der Waals surface area contributed by atoms with Crippen molar-refractivity contribution in [1.82, 2.24) is 15.0 Å². The van der Waals surface area contributed by atoms with Gasteiger partial charge in [0.25, 0.3) is 0 Å². The van der Waals surface area contributed by atoms with E-state index in [9.17, 15) is 0 Å². The Bertz CT molecular complexity index is 457. The minimum atomic E-state index is -0.0802. The van der Waals surface area contributed by atoms with Crippen LogP contribution in [0.3, 0.4) is 0 Å². The number of nitrogens with zero attached hydrogens (tertiary/aromatic N) is 3. The van der Waals surface area contributed by atoms with Crippen molar-refractivity contribution in [2.45, 2.75) is 13.5 Å². The number of aliphatic hydroxyl groups is 1. The third kappa shape index (κ3) is 2.16. The van der Waals surface area contributed by atoms with E-state index >= 15 is 0 Å². The summed E-state index contributed by atoms with van der Waals surface area (Å²) in [7, 11) is 0. The molecule has 0 radical (unpaired) electrons. The first kappa shape index (κ1) is 9.73. The average molecular weight is 201 g/mol. The van der Waals surface area contributed by atoms with Gasteiger partial charge in [-0.15, -0.1) is 0 Å². The smallest absolute Gasteiger partial charge is 0.178 e. The number of hydrogen-bond acceptors (Lipinski definition) is 4. The molecule has 0 spiro atoms. The molecule has 4 nitrogen and oxygen atoms in total.